The van der Waals surface area contributed by atoms with Crippen molar-refractivity contribution in [1.29, 1.82) is 0 Å². The van der Waals surface area contributed by atoms with E-state index in [1.54, 1.807) is 7.05 Å². The number of nitrogens with zero attached hydrogens (tertiary/aromatic N) is 4. The Labute approximate surface area is 104 Å². The number of aryl methyl sites for hydroxylation is 1. The van der Waals surface area contributed by atoms with Gasteiger partial charge in [-0.05, 0) is 6.92 Å². The molecule has 0 amide bonds. The first-order valence-electron chi connectivity index (χ1n) is 5.11. The standard InChI is InChI=1S/C9H13N5O3S/c1-5(18(3,15)16)8-12-9(17-13-8)6-4-11-14(2)7(6)10/h4-5H,10H2,1-3H3. The smallest absolute Gasteiger partial charge is 0.263 e. The van der Waals surface area contributed by atoms with E-state index < -0.39 is 15.1 Å². The Morgan fingerprint density at radius 2 is 2.17 bits per heavy atom. The fourth-order valence-electron chi connectivity index (χ4n) is 1.31. The molecule has 2 aromatic heterocycles. The van der Waals surface area contributed by atoms with Crippen LogP contribution in [0.25, 0.3) is 11.5 Å². The molecule has 9 heteroatoms. The van der Waals surface area contributed by atoms with Crippen molar-refractivity contribution in [2.45, 2.75) is 12.2 Å². The first kappa shape index (κ1) is 12.6. The third-order valence-corrected chi connectivity index (χ3v) is 4.16. The van der Waals surface area contributed by atoms with Gasteiger partial charge in [0.1, 0.15) is 16.6 Å². The summed E-state index contributed by atoms with van der Waals surface area (Å²) in [5.41, 5.74) is 6.24. The van der Waals surface area contributed by atoms with Gasteiger partial charge in [0, 0.05) is 13.3 Å². The van der Waals surface area contributed by atoms with E-state index in [4.69, 9.17) is 10.3 Å². The summed E-state index contributed by atoms with van der Waals surface area (Å²) in [6.07, 6.45) is 2.60. The second-order valence-electron chi connectivity index (χ2n) is 4.00. The van der Waals surface area contributed by atoms with Crippen LogP contribution in [0, 0.1) is 0 Å². The predicted octanol–water partition coefficient (Wildman–Crippen LogP) is 0.158. The van der Waals surface area contributed by atoms with Gasteiger partial charge >= 0.3 is 0 Å². The van der Waals surface area contributed by atoms with Gasteiger partial charge in [-0.1, -0.05) is 5.16 Å². The normalized spacial score (nSPS) is 13.7. The van der Waals surface area contributed by atoms with Crippen LogP contribution in [0.4, 0.5) is 5.82 Å². The minimum Gasteiger partial charge on any atom is -0.383 e. The Balaban J connectivity index is 2.40. The highest BCUT2D eigenvalue weighted by Gasteiger charge is 2.24. The third kappa shape index (κ3) is 2.08. The lowest BCUT2D eigenvalue weighted by Gasteiger charge is -2.01. The Bertz CT molecular complexity index is 672. The summed E-state index contributed by atoms with van der Waals surface area (Å²) < 4.78 is 29.2. The fraction of sp³-hybridized carbons (Fsp3) is 0.444. The van der Waals surface area contributed by atoms with Gasteiger partial charge in [-0.3, -0.25) is 4.68 Å². The number of anilines is 1. The van der Waals surface area contributed by atoms with Crippen LogP contribution in [-0.4, -0.2) is 34.6 Å². The largest absolute Gasteiger partial charge is 0.383 e. The fourth-order valence-corrected chi connectivity index (χ4v) is 1.79. The average Bonchev–Trinajstić information content (AvgIpc) is 2.85. The summed E-state index contributed by atoms with van der Waals surface area (Å²) in [5, 5.41) is 6.77. The molecule has 0 radical (unpaired) electrons. The highest BCUT2D eigenvalue weighted by molar-refractivity contribution is 7.90. The van der Waals surface area contributed by atoms with Crippen LogP contribution < -0.4 is 5.73 Å². The molecule has 0 bridgehead atoms. The Morgan fingerprint density at radius 3 is 2.67 bits per heavy atom. The lowest BCUT2D eigenvalue weighted by molar-refractivity contribution is 0.422. The summed E-state index contributed by atoms with van der Waals surface area (Å²) in [6.45, 7) is 1.50. The Hall–Kier alpha value is -1.90. The molecule has 0 fully saturated rings. The van der Waals surface area contributed by atoms with Gasteiger partial charge in [0.15, 0.2) is 15.7 Å². The SMILES string of the molecule is CC(c1noc(-c2cnn(C)c2N)n1)S(C)(=O)=O. The van der Waals surface area contributed by atoms with Crippen molar-refractivity contribution in [3.05, 3.63) is 12.0 Å². The van der Waals surface area contributed by atoms with Crippen LogP contribution in [0.5, 0.6) is 0 Å². The lowest BCUT2D eigenvalue weighted by atomic mass is 10.3. The van der Waals surface area contributed by atoms with Crippen LogP contribution in [0.15, 0.2) is 10.7 Å². The highest BCUT2D eigenvalue weighted by Crippen LogP contribution is 2.26. The number of nitrogen functional groups attached to an aromatic ring is 1. The van der Waals surface area contributed by atoms with Crippen LogP contribution in [0.3, 0.4) is 0 Å². The molecule has 0 aliphatic rings. The summed E-state index contributed by atoms with van der Waals surface area (Å²) in [7, 11) is -1.59. The Morgan fingerprint density at radius 1 is 1.50 bits per heavy atom. The van der Waals surface area contributed by atoms with Crippen molar-refractivity contribution in [2.75, 3.05) is 12.0 Å². The molecule has 0 aliphatic heterocycles. The van der Waals surface area contributed by atoms with Gasteiger partial charge in [0.05, 0.1) is 6.20 Å². The van der Waals surface area contributed by atoms with E-state index in [2.05, 4.69) is 15.2 Å². The molecular weight excluding hydrogens is 258 g/mol. The number of nitrogens with two attached hydrogens (primary N) is 1. The molecule has 0 saturated carbocycles. The molecule has 0 aromatic carbocycles. The maximum Gasteiger partial charge on any atom is 0.263 e. The van der Waals surface area contributed by atoms with Crippen molar-refractivity contribution in [3.63, 3.8) is 0 Å². The topological polar surface area (TPSA) is 117 Å². The van der Waals surface area contributed by atoms with E-state index in [0.29, 0.717) is 11.4 Å². The first-order chi connectivity index (χ1) is 8.30. The maximum atomic E-state index is 11.4. The van der Waals surface area contributed by atoms with E-state index in [9.17, 15) is 8.42 Å². The number of rotatable bonds is 3. The van der Waals surface area contributed by atoms with Crippen molar-refractivity contribution in [3.8, 4) is 11.5 Å². The minimum absolute atomic E-state index is 0.107. The molecule has 2 rings (SSSR count). The molecule has 0 aliphatic carbocycles. The predicted molar refractivity (Wildman–Crippen MR) is 64.2 cm³/mol. The average molecular weight is 271 g/mol. The Kier molecular flexibility index (Phi) is 2.85. The second-order valence-corrected chi connectivity index (χ2v) is 6.36. The van der Waals surface area contributed by atoms with E-state index in [0.717, 1.165) is 6.26 Å². The molecule has 2 heterocycles. The van der Waals surface area contributed by atoms with Crippen LogP contribution in [0.2, 0.25) is 0 Å². The molecule has 2 N–H and O–H groups in total. The third-order valence-electron chi connectivity index (χ3n) is 2.66. The van der Waals surface area contributed by atoms with Gasteiger partial charge in [0.25, 0.3) is 5.89 Å². The van der Waals surface area contributed by atoms with Gasteiger partial charge in [0.2, 0.25) is 0 Å². The summed E-state index contributed by atoms with van der Waals surface area (Å²) in [6, 6.07) is 0. The molecule has 18 heavy (non-hydrogen) atoms. The van der Waals surface area contributed by atoms with E-state index in [1.165, 1.54) is 17.8 Å². The van der Waals surface area contributed by atoms with Crippen LogP contribution in [-0.2, 0) is 16.9 Å². The quantitative estimate of drug-likeness (QED) is 0.844. The van der Waals surface area contributed by atoms with Crippen molar-refractivity contribution >= 4 is 15.7 Å². The summed E-state index contributed by atoms with van der Waals surface area (Å²) in [4.78, 5) is 4.03. The van der Waals surface area contributed by atoms with Crippen molar-refractivity contribution < 1.29 is 12.9 Å². The zero-order valence-corrected chi connectivity index (χ0v) is 11.0. The highest BCUT2D eigenvalue weighted by atomic mass is 32.2. The van der Waals surface area contributed by atoms with Crippen LogP contribution in [0.1, 0.15) is 18.0 Å². The minimum atomic E-state index is -3.27. The van der Waals surface area contributed by atoms with Gasteiger partial charge < -0.3 is 10.3 Å². The number of hydrogen-bond donors (Lipinski definition) is 1. The van der Waals surface area contributed by atoms with Gasteiger partial charge in [-0.2, -0.15) is 10.1 Å². The van der Waals surface area contributed by atoms with Crippen LogP contribution >= 0.6 is 0 Å². The lowest BCUT2D eigenvalue weighted by Crippen LogP contribution is -2.09. The van der Waals surface area contributed by atoms with Gasteiger partial charge in [-0.25, -0.2) is 8.42 Å². The summed E-state index contributed by atoms with van der Waals surface area (Å²) >= 11 is 0. The zero-order valence-electron chi connectivity index (χ0n) is 10.2. The molecule has 0 spiro atoms. The molecule has 98 valence electrons. The van der Waals surface area contributed by atoms with E-state index >= 15 is 0 Å². The number of aromatic nitrogens is 4. The molecule has 2 aromatic rings. The molecule has 1 atom stereocenters. The van der Waals surface area contributed by atoms with Crippen molar-refractivity contribution in [1.82, 2.24) is 19.9 Å². The molecule has 8 nitrogen and oxygen atoms in total. The second kappa shape index (κ2) is 4.09. The monoisotopic (exact) mass is 271 g/mol. The first-order valence-corrected chi connectivity index (χ1v) is 7.06. The number of hydrogen-bond acceptors (Lipinski definition) is 7. The van der Waals surface area contributed by atoms with E-state index in [1.807, 2.05) is 0 Å². The number of sulfone groups is 1. The van der Waals surface area contributed by atoms with E-state index in [-0.39, 0.29) is 11.7 Å². The van der Waals surface area contributed by atoms with Gasteiger partial charge in [-0.15, -0.1) is 0 Å². The van der Waals surface area contributed by atoms with Crippen molar-refractivity contribution in [2.24, 2.45) is 7.05 Å². The molecule has 1 unspecified atom stereocenters. The zero-order chi connectivity index (χ0) is 13.5. The summed E-state index contributed by atoms with van der Waals surface area (Å²) in [5.74, 6) is 0.638. The molecular formula is C9H13N5O3S. The molecule has 0 saturated heterocycles. The maximum absolute atomic E-state index is 11.4.